The predicted octanol–water partition coefficient (Wildman–Crippen LogP) is 2.05. The largest absolute Gasteiger partial charge is 0.659 e. The number of hydrogen-bond acceptors (Lipinski definition) is 1. The van der Waals surface area contributed by atoms with Crippen LogP contribution in [-0.2, 0) is 70.2 Å². The molecule has 0 aromatic heterocycles. The van der Waals surface area contributed by atoms with Crippen molar-refractivity contribution in [2.45, 2.75) is 21.3 Å². The SMILES string of the molecule is C.C[N-]CC(C)=O.[CH2-]C.[Y].[Y]. The zero-order valence-electron chi connectivity index (χ0n) is 6.92. The molecule has 0 rings (SSSR count). The molecule has 0 aliphatic heterocycles. The fourth-order valence-electron chi connectivity index (χ4n) is 0.223. The number of hydrogen-bond donors (Lipinski definition) is 0. The van der Waals surface area contributed by atoms with Gasteiger partial charge >= 0.3 is 0 Å². The summed E-state index contributed by atoms with van der Waals surface area (Å²) < 4.78 is 0. The van der Waals surface area contributed by atoms with Crippen molar-refractivity contribution in [2.24, 2.45) is 0 Å². The second-order valence-electron chi connectivity index (χ2n) is 1.18. The fourth-order valence-corrected chi connectivity index (χ4v) is 0.223. The average Bonchev–Trinajstić information content (AvgIpc) is 1.72. The summed E-state index contributed by atoms with van der Waals surface area (Å²) in [7, 11) is 1.63. The van der Waals surface area contributed by atoms with Crippen LogP contribution in [0.1, 0.15) is 21.3 Å². The minimum atomic E-state index is 0. The summed E-state index contributed by atoms with van der Waals surface area (Å²) in [5.74, 6) is 0.123. The Bertz CT molecular complexity index is 60.4. The van der Waals surface area contributed by atoms with Crippen LogP contribution in [0.15, 0.2) is 0 Å². The molecule has 0 spiro atoms. The van der Waals surface area contributed by atoms with Crippen LogP contribution in [0.5, 0.6) is 0 Å². The van der Waals surface area contributed by atoms with Gasteiger partial charge in [0.05, 0.1) is 0 Å². The van der Waals surface area contributed by atoms with E-state index in [1.165, 1.54) is 6.92 Å². The van der Waals surface area contributed by atoms with Gasteiger partial charge in [-0.25, -0.2) is 0 Å². The molecule has 64 valence electrons. The predicted molar refractivity (Wildman–Crippen MR) is 42.6 cm³/mol. The maximum absolute atomic E-state index is 9.95. The molecule has 0 amide bonds. The van der Waals surface area contributed by atoms with Gasteiger partial charge < -0.3 is 17.0 Å². The zero-order chi connectivity index (χ0) is 6.99. The standard InChI is InChI=1S/C4H8NO.C2H5.CH4.2Y/c1-4(6)3-5-2;1-2;;;/h3H2,1-2H3;1H2,2H3;1H4;;/q2*-1;;;. The number of likely N-dealkylation sites (N-methyl/N-ethyl adjacent to an activating group) is 1. The second-order valence-corrected chi connectivity index (χ2v) is 1.18. The van der Waals surface area contributed by atoms with E-state index in [0.29, 0.717) is 6.54 Å². The van der Waals surface area contributed by atoms with Crippen molar-refractivity contribution >= 4 is 5.78 Å². The molecule has 0 saturated heterocycles. The summed E-state index contributed by atoms with van der Waals surface area (Å²) in [5.41, 5.74) is 0. The Morgan fingerprint density at radius 2 is 1.64 bits per heavy atom. The molecule has 0 bridgehead atoms. The summed E-state index contributed by atoms with van der Waals surface area (Å²) >= 11 is 0. The third kappa shape index (κ3) is 49.0. The number of carbonyl (C=O) groups is 1. The first-order valence-corrected chi connectivity index (χ1v) is 2.53. The molecule has 0 saturated carbocycles. The Balaban J connectivity index is -0.0000000222. The molecule has 0 unspecified atom stereocenters. The molecule has 0 heterocycles. The van der Waals surface area contributed by atoms with E-state index < -0.39 is 0 Å². The number of ketones is 1. The first-order chi connectivity index (χ1) is 3.77. The summed E-state index contributed by atoms with van der Waals surface area (Å²) in [6.07, 6.45) is 0. The molecule has 0 aliphatic rings. The van der Waals surface area contributed by atoms with Crippen LogP contribution in [0, 0.1) is 6.92 Å². The third-order valence-corrected chi connectivity index (χ3v) is 0.381. The molecule has 0 atom stereocenters. The topological polar surface area (TPSA) is 31.2 Å². The maximum Gasteiger partial charge on any atom is 0.109 e. The van der Waals surface area contributed by atoms with Gasteiger partial charge in [0.15, 0.2) is 0 Å². The Hall–Kier alpha value is 1.84. The van der Waals surface area contributed by atoms with Crippen molar-refractivity contribution in [3.63, 3.8) is 0 Å². The Labute approximate surface area is 121 Å². The van der Waals surface area contributed by atoms with E-state index in [1.54, 1.807) is 14.0 Å². The molecule has 4 heteroatoms. The minimum Gasteiger partial charge on any atom is -0.659 e. The van der Waals surface area contributed by atoms with Crippen molar-refractivity contribution in [2.75, 3.05) is 13.6 Å². The molecular formula is C7H17NOY2-2. The summed E-state index contributed by atoms with van der Waals surface area (Å²) in [5, 5.41) is 3.59. The number of rotatable bonds is 2. The molecule has 2 nitrogen and oxygen atoms in total. The molecule has 0 aromatic rings. The van der Waals surface area contributed by atoms with Crippen LogP contribution in [0.4, 0.5) is 0 Å². The summed E-state index contributed by atoms with van der Waals surface area (Å²) in [4.78, 5) is 9.95. The first kappa shape index (κ1) is 29.3. The van der Waals surface area contributed by atoms with E-state index in [2.05, 4.69) is 12.2 Å². The van der Waals surface area contributed by atoms with Gasteiger partial charge in [-0.15, -0.1) is 0 Å². The Morgan fingerprint density at radius 3 is 1.64 bits per heavy atom. The third-order valence-electron chi connectivity index (χ3n) is 0.381. The van der Waals surface area contributed by atoms with E-state index in [9.17, 15) is 4.79 Å². The van der Waals surface area contributed by atoms with Gasteiger partial charge in [-0.1, -0.05) is 14.0 Å². The smallest absolute Gasteiger partial charge is 0.109 e. The van der Waals surface area contributed by atoms with Crippen molar-refractivity contribution < 1.29 is 70.2 Å². The fraction of sp³-hybridized carbons (Fsp3) is 0.714. The zero-order valence-corrected chi connectivity index (χ0v) is 12.6. The van der Waals surface area contributed by atoms with E-state index in [0.717, 1.165) is 0 Å². The van der Waals surface area contributed by atoms with Gasteiger partial charge in [0.25, 0.3) is 0 Å². The van der Waals surface area contributed by atoms with Gasteiger partial charge in [-0.05, 0) is 6.92 Å². The van der Waals surface area contributed by atoms with Crippen LogP contribution >= 0.6 is 0 Å². The van der Waals surface area contributed by atoms with Crippen molar-refractivity contribution in [3.05, 3.63) is 12.2 Å². The Kier molecular flexibility index (Phi) is 79.2. The molecule has 0 aromatic carbocycles. The molecule has 0 fully saturated rings. The quantitative estimate of drug-likeness (QED) is 0.718. The molecule has 11 heavy (non-hydrogen) atoms. The second kappa shape index (κ2) is 29.7. The van der Waals surface area contributed by atoms with Crippen molar-refractivity contribution in [1.29, 1.82) is 0 Å². The number of Topliss-reactive ketones (excluding diaryl/α,β-unsaturated/α-hetero) is 1. The van der Waals surface area contributed by atoms with Crippen molar-refractivity contribution in [1.82, 2.24) is 0 Å². The van der Waals surface area contributed by atoms with Crippen LogP contribution in [-0.4, -0.2) is 19.4 Å². The Morgan fingerprint density at radius 1 is 1.36 bits per heavy atom. The normalized spacial score (nSPS) is 5.09. The molecule has 0 N–H and O–H groups in total. The van der Waals surface area contributed by atoms with Crippen LogP contribution < -0.4 is 0 Å². The maximum atomic E-state index is 9.95. The van der Waals surface area contributed by atoms with Gasteiger partial charge in [-0.3, -0.25) is 0 Å². The van der Waals surface area contributed by atoms with E-state index in [4.69, 9.17) is 0 Å². The van der Waals surface area contributed by atoms with Crippen LogP contribution in [0.2, 0.25) is 0 Å². The van der Waals surface area contributed by atoms with Crippen molar-refractivity contribution in [3.8, 4) is 0 Å². The van der Waals surface area contributed by atoms with E-state index >= 15 is 0 Å². The average molecular weight is 309 g/mol. The van der Waals surface area contributed by atoms with Crippen LogP contribution in [0.25, 0.3) is 5.32 Å². The first-order valence-electron chi connectivity index (χ1n) is 2.53. The molecular weight excluding hydrogens is 292 g/mol. The van der Waals surface area contributed by atoms with Gasteiger partial charge in [-0.2, -0.15) is 14.0 Å². The number of nitrogens with zero attached hydrogens (tertiary/aromatic N) is 1. The van der Waals surface area contributed by atoms with Gasteiger partial charge in [0.2, 0.25) is 0 Å². The molecule has 0 aliphatic carbocycles. The van der Waals surface area contributed by atoms with E-state index in [-0.39, 0.29) is 78.6 Å². The van der Waals surface area contributed by atoms with E-state index in [1.807, 2.05) is 0 Å². The minimum absolute atomic E-state index is 0. The summed E-state index contributed by atoms with van der Waals surface area (Å²) in [6, 6.07) is 0. The van der Waals surface area contributed by atoms with Gasteiger partial charge in [0, 0.05) is 65.4 Å². The van der Waals surface area contributed by atoms with Crippen LogP contribution in [0.3, 0.4) is 0 Å². The monoisotopic (exact) mass is 309 g/mol. The molecule has 2 radical (unpaired) electrons. The van der Waals surface area contributed by atoms with Gasteiger partial charge in [0.1, 0.15) is 5.78 Å². The number of carbonyl (C=O) groups excluding carboxylic acids is 1. The summed E-state index contributed by atoms with van der Waals surface area (Å²) in [6.45, 7) is 6.88.